The fraction of sp³-hybridized carbons (Fsp3) is 0.833. The topological polar surface area (TPSA) is 84.9 Å². The van der Waals surface area contributed by atoms with Gasteiger partial charge in [-0.3, -0.25) is 9.59 Å². The number of amides is 1. The normalized spacial score (nSPS) is 25.1. The zero-order chi connectivity index (χ0) is 13.7. The number of hydrogen-bond donors (Lipinski definition) is 2. The van der Waals surface area contributed by atoms with Crippen molar-refractivity contribution in [3.8, 4) is 0 Å². The summed E-state index contributed by atoms with van der Waals surface area (Å²) in [6.45, 7) is 1.79. The lowest BCUT2D eigenvalue weighted by Crippen LogP contribution is -2.45. The lowest BCUT2D eigenvalue weighted by atomic mass is 10.0. The maximum absolute atomic E-state index is 11.9. The van der Waals surface area contributed by atoms with E-state index in [9.17, 15) is 9.59 Å². The van der Waals surface area contributed by atoms with Gasteiger partial charge in [0.05, 0.1) is 12.0 Å². The van der Waals surface area contributed by atoms with E-state index in [0.717, 1.165) is 0 Å². The number of hydrogen-bond acceptors (Lipinski definition) is 4. The van der Waals surface area contributed by atoms with Crippen molar-refractivity contribution in [2.45, 2.75) is 38.5 Å². The Morgan fingerprint density at radius 3 is 2.22 bits per heavy atom. The van der Waals surface area contributed by atoms with E-state index < -0.39 is 18.2 Å². The van der Waals surface area contributed by atoms with E-state index in [2.05, 4.69) is 5.32 Å². The lowest BCUT2D eigenvalue weighted by Gasteiger charge is -2.23. The van der Waals surface area contributed by atoms with Crippen molar-refractivity contribution in [1.29, 1.82) is 0 Å². The predicted octanol–water partition coefficient (Wildman–Crippen LogP) is 0.611. The molecule has 0 saturated heterocycles. The van der Waals surface area contributed by atoms with Crippen LogP contribution < -0.4 is 5.32 Å². The summed E-state index contributed by atoms with van der Waals surface area (Å²) < 4.78 is 10.1. The first-order valence-electron chi connectivity index (χ1n) is 6.08. The second-order valence-electron chi connectivity index (χ2n) is 4.68. The maximum atomic E-state index is 11.9. The molecule has 6 nitrogen and oxygen atoms in total. The number of nitrogens with one attached hydrogen (secondary N) is 1. The van der Waals surface area contributed by atoms with Gasteiger partial charge in [0.15, 0.2) is 6.29 Å². The van der Waals surface area contributed by atoms with E-state index in [0.29, 0.717) is 19.3 Å². The van der Waals surface area contributed by atoms with Gasteiger partial charge in [-0.15, -0.1) is 0 Å². The summed E-state index contributed by atoms with van der Waals surface area (Å²) in [5.41, 5.74) is 0. The Morgan fingerprint density at radius 2 is 1.78 bits per heavy atom. The van der Waals surface area contributed by atoms with Gasteiger partial charge in [0.25, 0.3) is 0 Å². The molecule has 1 amide bonds. The van der Waals surface area contributed by atoms with Crippen LogP contribution in [0.1, 0.15) is 26.2 Å². The molecule has 0 aromatic carbocycles. The molecule has 1 rings (SSSR count). The number of rotatable bonds is 6. The fourth-order valence-corrected chi connectivity index (χ4v) is 2.36. The van der Waals surface area contributed by atoms with Crippen LogP contribution in [0, 0.1) is 11.8 Å². The third kappa shape index (κ3) is 3.68. The van der Waals surface area contributed by atoms with Crippen LogP contribution in [0.3, 0.4) is 0 Å². The molecule has 1 fully saturated rings. The second kappa shape index (κ2) is 6.70. The van der Waals surface area contributed by atoms with E-state index in [-0.39, 0.29) is 17.9 Å². The zero-order valence-electron chi connectivity index (χ0n) is 11.0. The first-order valence-corrected chi connectivity index (χ1v) is 6.08. The van der Waals surface area contributed by atoms with Crippen molar-refractivity contribution < 1.29 is 24.2 Å². The second-order valence-corrected chi connectivity index (χ2v) is 4.68. The first-order chi connectivity index (χ1) is 8.49. The summed E-state index contributed by atoms with van der Waals surface area (Å²) in [5.74, 6) is -1.55. The van der Waals surface area contributed by atoms with E-state index in [4.69, 9.17) is 14.6 Å². The van der Waals surface area contributed by atoms with Crippen LogP contribution in [0.4, 0.5) is 0 Å². The molecule has 0 radical (unpaired) electrons. The maximum Gasteiger partial charge on any atom is 0.306 e. The highest BCUT2D eigenvalue weighted by Crippen LogP contribution is 2.31. The Morgan fingerprint density at radius 1 is 1.22 bits per heavy atom. The minimum absolute atomic E-state index is 0.120. The van der Waals surface area contributed by atoms with Crippen molar-refractivity contribution in [2.75, 3.05) is 14.2 Å². The standard InChI is InChI=1S/C12H21NO5/c1-7(12(17-2)18-3)13-10(14)8-4-5-9(6-8)11(15)16/h7-9,12H,4-6H2,1-3H3,(H,13,14)(H,15,16)/t7?,8-,9+/m1/s1. The number of carbonyl (C=O) groups excluding carboxylic acids is 1. The Hall–Kier alpha value is -1.14. The number of carbonyl (C=O) groups is 2. The van der Waals surface area contributed by atoms with Crippen molar-refractivity contribution in [3.05, 3.63) is 0 Å². The monoisotopic (exact) mass is 259 g/mol. The van der Waals surface area contributed by atoms with Crippen LogP contribution in [0.5, 0.6) is 0 Å². The molecule has 3 atom stereocenters. The van der Waals surface area contributed by atoms with E-state index in [1.807, 2.05) is 0 Å². The Kier molecular flexibility index (Phi) is 5.55. The van der Waals surface area contributed by atoms with Crippen molar-refractivity contribution in [2.24, 2.45) is 11.8 Å². The molecule has 104 valence electrons. The molecule has 1 aliphatic rings. The third-order valence-electron chi connectivity index (χ3n) is 3.40. The third-order valence-corrected chi connectivity index (χ3v) is 3.40. The Labute approximate surface area is 107 Å². The molecule has 0 aromatic heterocycles. The van der Waals surface area contributed by atoms with Crippen LogP contribution in [0.15, 0.2) is 0 Å². The number of carboxylic acids is 1. The summed E-state index contributed by atoms with van der Waals surface area (Å²) in [6.07, 6.45) is 1.11. The molecule has 18 heavy (non-hydrogen) atoms. The van der Waals surface area contributed by atoms with Gasteiger partial charge >= 0.3 is 5.97 Å². The van der Waals surface area contributed by atoms with Gasteiger partial charge in [-0.25, -0.2) is 0 Å². The Balaban J connectivity index is 2.44. The van der Waals surface area contributed by atoms with E-state index in [1.165, 1.54) is 14.2 Å². The van der Waals surface area contributed by atoms with Crippen molar-refractivity contribution >= 4 is 11.9 Å². The molecule has 1 unspecified atom stereocenters. The summed E-state index contributed by atoms with van der Waals surface area (Å²) in [6, 6.07) is -0.267. The van der Waals surface area contributed by atoms with Gasteiger partial charge in [0, 0.05) is 20.1 Å². The molecule has 2 N–H and O–H groups in total. The van der Waals surface area contributed by atoms with E-state index >= 15 is 0 Å². The van der Waals surface area contributed by atoms with Gasteiger partial charge in [-0.2, -0.15) is 0 Å². The average molecular weight is 259 g/mol. The average Bonchev–Trinajstić information content (AvgIpc) is 2.79. The summed E-state index contributed by atoms with van der Waals surface area (Å²) in [5, 5.41) is 11.7. The zero-order valence-corrected chi connectivity index (χ0v) is 11.0. The molecule has 1 aliphatic carbocycles. The molecule has 0 bridgehead atoms. The lowest BCUT2D eigenvalue weighted by molar-refractivity contribution is -0.142. The molecule has 0 aliphatic heterocycles. The molecule has 1 saturated carbocycles. The predicted molar refractivity (Wildman–Crippen MR) is 63.9 cm³/mol. The van der Waals surface area contributed by atoms with Crippen LogP contribution >= 0.6 is 0 Å². The highest BCUT2D eigenvalue weighted by atomic mass is 16.7. The quantitative estimate of drug-likeness (QED) is 0.683. The van der Waals surface area contributed by atoms with Gasteiger partial charge in [0.2, 0.25) is 5.91 Å². The number of ether oxygens (including phenoxy) is 2. The van der Waals surface area contributed by atoms with Gasteiger partial charge in [0.1, 0.15) is 0 Å². The highest BCUT2D eigenvalue weighted by molar-refractivity contribution is 5.81. The molecule has 6 heteroatoms. The van der Waals surface area contributed by atoms with E-state index in [1.54, 1.807) is 6.92 Å². The molecule has 0 aromatic rings. The molecule has 0 heterocycles. The van der Waals surface area contributed by atoms with Crippen LogP contribution in [0.25, 0.3) is 0 Å². The number of carboxylic acid groups (broad SMARTS) is 1. The summed E-state index contributed by atoms with van der Waals surface area (Å²) >= 11 is 0. The van der Waals surface area contributed by atoms with Gasteiger partial charge < -0.3 is 19.9 Å². The smallest absolute Gasteiger partial charge is 0.306 e. The first kappa shape index (κ1) is 14.9. The highest BCUT2D eigenvalue weighted by Gasteiger charge is 2.34. The SMILES string of the molecule is COC(OC)C(C)NC(=O)[C@@H]1CC[C@H](C(=O)O)C1. The molecule has 0 spiro atoms. The summed E-state index contributed by atoms with van der Waals surface area (Å²) in [4.78, 5) is 22.8. The number of methoxy groups -OCH3 is 2. The minimum Gasteiger partial charge on any atom is -0.481 e. The van der Waals surface area contributed by atoms with Crippen LogP contribution in [-0.2, 0) is 19.1 Å². The van der Waals surface area contributed by atoms with Gasteiger partial charge in [-0.05, 0) is 26.2 Å². The summed E-state index contributed by atoms with van der Waals surface area (Å²) in [7, 11) is 3.01. The molecular weight excluding hydrogens is 238 g/mol. The van der Waals surface area contributed by atoms with Crippen molar-refractivity contribution in [3.63, 3.8) is 0 Å². The minimum atomic E-state index is -0.815. The number of aliphatic carboxylic acids is 1. The molecular formula is C12H21NO5. The fourth-order valence-electron chi connectivity index (χ4n) is 2.36. The van der Waals surface area contributed by atoms with Gasteiger partial charge in [-0.1, -0.05) is 0 Å². The van der Waals surface area contributed by atoms with Crippen molar-refractivity contribution in [1.82, 2.24) is 5.32 Å². The largest absolute Gasteiger partial charge is 0.481 e. The van der Waals surface area contributed by atoms with Crippen LogP contribution in [0.2, 0.25) is 0 Å². The Bertz CT molecular complexity index is 303. The van der Waals surface area contributed by atoms with Crippen LogP contribution in [-0.4, -0.2) is 43.5 Å².